The highest BCUT2D eigenvalue weighted by Gasteiger charge is 2.14. The van der Waals surface area contributed by atoms with Crippen LogP contribution < -0.4 is 5.01 Å². The van der Waals surface area contributed by atoms with E-state index in [0.717, 1.165) is 15.4 Å². The fraction of sp³-hybridized carbons (Fsp3) is 0.0455. The van der Waals surface area contributed by atoms with E-state index in [2.05, 4.69) is 31.0 Å². The average molecular weight is 449 g/mol. The second-order valence-corrected chi connectivity index (χ2v) is 7.29. The number of rotatable bonds is 4. The van der Waals surface area contributed by atoms with Gasteiger partial charge < -0.3 is 10.2 Å². The van der Waals surface area contributed by atoms with E-state index in [4.69, 9.17) is 0 Å². The third kappa shape index (κ3) is 3.90. The van der Waals surface area contributed by atoms with E-state index in [1.165, 1.54) is 0 Å². The highest BCUT2D eigenvalue weighted by Crippen LogP contribution is 2.31. The number of aromatic hydroxyl groups is 2. The molecular weight excluding hydrogens is 432 g/mol. The summed E-state index contributed by atoms with van der Waals surface area (Å²) in [5, 5.41) is 27.1. The maximum Gasteiger partial charge on any atom is 0.165 e. The van der Waals surface area contributed by atoms with Crippen molar-refractivity contribution < 1.29 is 10.2 Å². The number of anilines is 1. The summed E-state index contributed by atoms with van der Waals surface area (Å²) in [4.78, 5) is 9.25. The van der Waals surface area contributed by atoms with Crippen LogP contribution in [0.1, 0.15) is 5.56 Å². The molecule has 0 atom stereocenters. The number of fused-ring (bicyclic) bond motifs is 1. The van der Waals surface area contributed by atoms with Gasteiger partial charge in [-0.2, -0.15) is 5.10 Å². The zero-order valence-corrected chi connectivity index (χ0v) is 17.1. The summed E-state index contributed by atoms with van der Waals surface area (Å²) in [6, 6.07) is 19.7. The first kappa shape index (κ1) is 18.9. The first-order valence-electron chi connectivity index (χ1n) is 8.84. The van der Waals surface area contributed by atoms with Crippen LogP contribution in [-0.4, -0.2) is 33.4 Å². The lowest BCUT2D eigenvalue weighted by Crippen LogP contribution is -2.12. The monoisotopic (exact) mass is 448 g/mol. The Hall–Kier alpha value is -3.45. The predicted octanol–water partition coefficient (Wildman–Crippen LogP) is 4.94. The molecule has 4 rings (SSSR count). The molecule has 6 nitrogen and oxygen atoms in total. The number of para-hydroxylation sites is 2. The largest absolute Gasteiger partial charge is 0.507 e. The summed E-state index contributed by atoms with van der Waals surface area (Å²) < 4.78 is 0.841. The lowest BCUT2D eigenvalue weighted by atomic mass is 10.1. The number of hydrogen-bond acceptors (Lipinski definition) is 6. The quantitative estimate of drug-likeness (QED) is 0.341. The molecule has 3 aromatic carbocycles. The fourth-order valence-corrected chi connectivity index (χ4v) is 3.30. The Morgan fingerprint density at radius 2 is 1.69 bits per heavy atom. The van der Waals surface area contributed by atoms with Crippen molar-refractivity contribution in [3.05, 3.63) is 76.8 Å². The molecule has 0 radical (unpaired) electrons. The highest BCUT2D eigenvalue weighted by molar-refractivity contribution is 9.10. The van der Waals surface area contributed by atoms with Crippen LogP contribution >= 0.6 is 15.9 Å². The SMILES string of the molecule is CN(N=Cc1cc(Br)ccc1O)c1nc(-c2ccccc2O)nc2ccccc12. The maximum absolute atomic E-state index is 10.2. The third-order valence-electron chi connectivity index (χ3n) is 4.39. The van der Waals surface area contributed by atoms with Crippen LogP contribution in [0.5, 0.6) is 11.5 Å². The molecule has 144 valence electrons. The molecule has 0 aliphatic heterocycles. The lowest BCUT2D eigenvalue weighted by molar-refractivity contribution is 0.474. The number of aromatic nitrogens is 2. The van der Waals surface area contributed by atoms with Crippen LogP contribution in [-0.2, 0) is 0 Å². The zero-order chi connectivity index (χ0) is 20.4. The van der Waals surface area contributed by atoms with Crippen LogP contribution in [0.25, 0.3) is 22.3 Å². The van der Waals surface area contributed by atoms with Gasteiger partial charge in [0, 0.05) is 22.5 Å². The molecule has 0 aliphatic carbocycles. The van der Waals surface area contributed by atoms with Gasteiger partial charge >= 0.3 is 0 Å². The summed E-state index contributed by atoms with van der Waals surface area (Å²) in [6.07, 6.45) is 1.57. The van der Waals surface area contributed by atoms with Gasteiger partial charge in [-0.15, -0.1) is 0 Å². The van der Waals surface area contributed by atoms with Gasteiger partial charge in [-0.1, -0.05) is 40.2 Å². The molecule has 29 heavy (non-hydrogen) atoms. The van der Waals surface area contributed by atoms with Gasteiger partial charge in [0.25, 0.3) is 0 Å². The van der Waals surface area contributed by atoms with E-state index in [1.807, 2.05) is 30.3 Å². The van der Waals surface area contributed by atoms with Crippen molar-refractivity contribution in [3.63, 3.8) is 0 Å². The Balaban J connectivity index is 1.80. The summed E-state index contributed by atoms with van der Waals surface area (Å²) in [5.41, 5.74) is 1.86. The summed E-state index contributed by atoms with van der Waals surface area (Å²) in [5.74, 6) is 1.23. The Morgan fingerprint density at radius 3 is 2.52 bits per heavy atom. The van der Waals surface area contributed by atoms with Crippen molar-refractivity contribution in [1.82, 2.24) is 9.97 Å². The molecule has 0 bridgehead atoms. The fourth-order valence-electron chi connectivity index (χ4n) is 2.92. The van der Waals surface area contributed by atoms with E-state index >= 15 is 0 Å². The minimum Gasteiger partial charge on any atom is -0.507 e. The molecular formula is C22H17BrN4O2. The molecule has 2 N–H and O–H groups in total. The molecule has 1 aromatic heterocycles. The van der Waals surface area contributed by atoms with Crippen molar-refractivity contribution in [2.75, 3.05) is 12.1 Å². The van der Waals surface area contributed by atoms with Gasteiger partial charge in [-0.05, 0) is 42.5 Å². The molecule has 4 aromatic rings. The standard InChI is InChI=1S/C22H17BrN4O2/c1-27(24-13-14-12-15(23)10-11-19(14)28)22-16-6-2-4-8-18(16)25-21(26-22)17-7-3-5-9-20(17)29/h2-13,28-29H,1H3. The van der Waals surface area contributed by atoms with Gasteiger partial charge in [0.15, 0.2) is 11.6 Å². The van der Waals surface area contributed by atoms with Gasteiger partial charge in [0.05, 0.1) is 17.3 Å². The zero-order valence-electron chi connectivity index (χ0n) is 15.5. The number of nitrogens with zero attached hydrogens (tertiary/aromatic N) is 4. The molecule has 0 saturated heterocycles. The average Bonchev–Trinajstić information content (AvgIpc) is 2.73. The first-order chi connectivity index (χ1) is 14.0. The van der Waals surface area contributed by atoms with Crippen molar-refractivity contribution in [2.45, 2.75) is 0 Å². The molecule has 0 saturated carbocycles. The maximum atomic E-state index is 10.2. The van der Waals surface area contributed by atoms with E-state index in [0.29, 0.717) is 22.8 Å². The molecule has 0 unspecified atom stereocenters. The molecule has 1 heterocycles. The van der Waals surface area contributed by atoms with Crippen LogP contribution in [0.2, 0.25) is 0 Å². The van der Waals surface area contributed by atoms with Crippen molar-refractivity contribution >= 4 is 38.9 Å². The van der Waals surface area contributed by atoms with E-state index in [9.17, 15) is 10.2 Å². The van der Waals surface area contributed by atoms with Gasteiger partial charge in [0.1, 0.15) is 11.5 Å². The number of benzene rings is 3. The van der Waals surface area contributed by atoms with Crippen molar-refractivity contribution in [3.8, 4) is 22.9 Å². The Morgan fingerprint density at radius 1 is 0.931 bits per heavy atom. The third-order valence-corrected chi connectivity index (χ3v) is 4.89. The van der Waals surface area contributed by atoms with E-state index in [-0.39, 0.29) is 11.5 Å². The molecule has 0 amide bonds. The lowest BCUT2D eigenvalue weighted by Gasteiger charge is -2.16. The number of phenolic OH excluding ortho intramolecular Hbond substituents is 2. The minimum atomic E-state index is 0.110. The van der Waals surface area contributed by atoms with Crippen molar-refractivity contribution in [1.29, 1.82) is 0 Å². The van der Waals surface area contributed by atoms with E-state index in [1.54, 1.807) is 54.7 Å². The van der Waals surface area contributed by atoms with Crippen LogP contribution in [0.3, 0.4) is 0 Å². The molecule has 0 fully saturated rings. The van der Waals surface area contributed by atoms with Gasteiger partial charge in [-0.3, -0.25) is 5.01 Å². The molecule has 0 aliphatic rings. The second-order valence-electron chi connectivity index (χ2n) is 6.38. The highest BCUT2D eigenvalue weighted by atomic mass is 79.9. The molecule has 0 spiro atoms. The minimum absolute atomic E-state index is 0.110. The number of hydrogen-bond donors (Lipinski definition) is 2. The number of hydrazone groups is 1. The predicted molar refractivity (Wildman–Crippen MR) is 118 cm³/mol. The molecule has 7 heteroatoms. The van der Waals surface area contributed by atoms with E-state index < -0.39 is 0 Å². The topological polar surface area (TPSA) is 81.8 Å². The second kappa shape index (κ2) is 7.89. The Bertz CT molecular complexity index is 1230. The summed E-state index contributed by atoms with van der Waals surface area (Å²) >= 11 is 3.39. The number of phenols is 2. The van der Waals surface area contributed by atoms with Crippen molar-refractivity contribution in [2.24, 2.45) is 5.10 Å². The van der Waals surface area contributed by atoms with Crippen LogP contribution in [0.15, 0.2) is 76.3 Å². The Labute approximate surface area is 175 Å². The normalized spacial score (nSPS) is 11.2. The summed E-state index contributed by atoms with van der Waals surface area (Å²) in [6.45, 7) is 0. The van der Waals surface area contributed by atoms with Gasteiger partial charge in [0.2, 0.25) is 0 Å². The smallest absolute Gasteiger partial charge is 0.165 e. The number of halogens is 1. The van der Waals surface area contributed by atoms with Crippen LogP contribution in [0.4, 0.5) is 5.82 Å². The summed E-state index contributed by atoms with van der Waals surface area (Å²) in [7, 11) is 1.77. The Kier molecular flexibility index (Phi) is 5.14. The van der Waals surface area contributed by atoms with Gasteiger partial charge in [-0.25, -0.2) is 9.97 Å². The van der Waals surface area contributed by atoms with Crippen LogP contribution in [0, 0.1) is 0 Å². The first-order valence-corrected chi connectivity index (χ1v) is 9.63.